The summed E-state index contributed by atoms with van der Waals surface area (Å²) >= 11 is 0. The van der Waals surface area contributed by atoms with Gasteiger partial charge in [0.25, 0.3) is 5.91 Å². The van der Waals surface area contributed by atoms with Gasteiger partial charge in [-0.1, -0.05) is 19.1 Å². The highest BCUT2D eigenvalue weighted by molar-refractivity contribution is 6.32. The van der Waals surface area contributed by atoms with Crippen molar-refractivity contribution in [3.63, 3.8) is 0 Å². The molecule has 0 saturated carbocycles. The number of methoxy groups -OCH3 is 1. The van der Waals surface area contributed by atoms with Gasteiger partial charge in [0.1, 0.15) is 5.82 Å². The highest BCUT2D eigenvalue weighted by Crippen LogP contribution is 2.34. The Morgan fingerprint density at radius 2 is 2.07 bits per heavy atom. The zero-order valence-corrected chi connectivity index (χ0v) is 16.5. The fourth-order valence-electron chi connectivity index (χ4n) is 3.40. The fourth-order valence-corrected chi connectivity index (χ4v) is 3.40. The minimum atomic E-state index is -0.305. The topological polar surface area (TPSA) is 53.6 Å². The quantitative estimate of drug-likeness (QED) is 0.664. The Morgan fingerprint density at radius 1 is 1.25 bits per heavy atom. The predicted octanol–water partition coefficient (Wildman–Crippen LogP) is 4.40. The number of amides is 1. The van der Waals surface area contributed by atoms with Crippen molar-refractivity contribution in [1.29, 1.82) is 0 Å². The van der Waals surface area contributed by atoms with Crippen LogP contribution in [0, 0.1) is 12.7 Å². The first-order valence-corrected chi connectivity index (χ1v) is 9.46. The van der Waals surface area contributed by atoms with E-state index in [9.17, 15) is 9.18 Å². The van der Waals surface area contributed by atoms with Crippen LogP contribution in [0.5, 0.6) is 0 Å². The van der Waals surface area contributed by atoms with Gasteiger partial charge in [-0.3, -0.25) is 4.79 Å². The average molecular weight is 383 g/mol. The lowest BCUT2D eigenvalue weighted by molar-refractivity contribution is -0.110. The van der Waals surface area contributed by atoms with Crippen LogP contribution in [-0.2, 0) is 9.53 Å². The fraction of sp³-hybridized carbons (Fsp3) is 0.318. The lowest BCUT2D eigenvalue weighted by Gasteiger charge is -2.24. The Hall–Kier alpha value is -2.86. The predicted molar refractivity (Wildman–Crippen MR) is 112 cm³/mol. The monoisotopic (exact) mass is 383 g/mol. The van der Waals surface area contributed by atoms with Crippen molar-refractivity contribution in [2.75, 3.05) is 42.3 Å². The van der Waals surface area contributed by atoms with E-state index in [1.807, 2.05) is 36.1 Å². The molecule has 0 radical (unpaired) electrons. The van der Waals surface area contributed by atoms with E-state index in [1.165, 1.54) is 6.07 Å². The van der Waals surface area contributed by atoms with E-state index in [1.54, 1.807) is 19.4 Å². The Kier molecular flexibility index (Phi) is 6.31. The first-order valence-electron chi connectivity index (χ1n) is 9.46. The van der Waals surface area contributed by atoms with E-state index < -0.39 is 0 Å². The molecule has 1 aliphatic heterocycles. The van der Waals surface area contributed by atoms with E-state index >= 15 is 0 Å². The van der Waals surface area contributed by atoms with Crippen molar-refractivity contribution in [3.8, 4) is 0 Å². The molecule has 0 atom stereocenters. The molecule has 0 aromatic heterocycles. The summed E-state index contributed by atoms with van der Waals surface area (Å²) in [6.07, 6.45) is 2.56. The lowest BCUT2D eigenvalue weighted by Crippen LogP contribution is -2.28. The number of ether oxygens (including phenoxy) is 1. The molecule has 1 heterocycles. The molecule has 0 aliphatic carbocycles. The number of anilines is 3. The molecule has 5 nitrogen and oxygen atoms in total. The number of fused-ring (bicyclic) bond motifs is 1. The van der Waals surface area contributed by atoms with Crippen LogP contribution in [0.25, 0.3) is 5.57 Å². The standard InChI is InChI=1S/C22H26FN3O2/c1-4-10-26(11-12-28-3)20-9-8-16(13-18(20)23)24-14-17-21-15(2)6-5-7-19(21)25-22(17)27/h5-9,13-14,24H,4,10-12H2,1-3H3,(H,25,27). The number of halogens is 1. The van der Waals surface area contributed by atoms with Crippen LogP contribution in [0.3, 0.4) is 0 Å². The molecular weight excluding hydrogens is 357 g/mol. The second-order valence-corrected chi connectivity index (χ2v) is 6.80. The van der Waals surface area contributed by atoms with Gasteiger partial charge in [0.2, 0.25) is 0 Å². The summed E-state index contributed by atoms with van der Waals surface area (Å²) in [5.41, 5.74) is 4.38. The highest BCUT2D eigenvalue weighted by Gasteiger charge is 2.25. The Morgan fingerprint density at radius 3 is 2.79 bits per heavy atom. The molecule has 0 fully saturated rings. The molecular formula is C22H26FN3O2. The average Bonchev–Trinajstić information content (AvgIpc) is 3.00. The van der Waals surface area contributed by atoms with E-state index in [-0.39, 0.29) is 11.7 Å². The number of hydrogen-bond acceptors (Lipinski definition) is 4. The van der Waals surface area contributed by atoms with E-state index in [0.29, 0.717) is 30.1 Å². The van der Waals surface area contributed by atoms with Crippen LogP contribution in [0.4, 0.5) is 21.5 Å². The van der Waals surface area contributed by atoms with Crippen LogP contribution in [-0.4, -0.2) is 32.7 Å². The third kappa shape index (κ3) is 4.17. The van der Waals surface area contributed by atoms with Gasteiger partial charge in [-0.15, -0.1) is 0 Å². The second kappa shape index (κ2) is 8.89. The second-order valence-electron chi connectivity index (χ2n) is 6.80. The number of hydrogen-bond donors (Lipinski definition) is 2. The first-order chi connectivity index (χ1) is 13.5. The first kappa shape index (κ1) is 19.9. The van der Waals surface area contributed by atoms with Crippen molar-refractivity contribution in [3.05, 3.63) is 59.5 Å². The number of rotatable bonds is 8. The van der Waals surface area contributed by atoms with E-state index in [4.69, 9.17) is 4.74 Å². The van der Waals surface area contributed by atoms with Crippen molar-refractivity contribution in [1.82, 2.24) is 0 Å². The van der Waals surface area contributed by atoms with Gasteiger partial charge >= 0.3 is 0 Å². The summed E-state index contributed by atoms with van der Waals surface area (Å²) in [4.78, 5) is 14.3. The smallest absolute Gasteiger partial charge is 0.257 e. The maximum Gasteiger partial charge on any atom is 0.257 e. The molecule has 0 unspecified atom stereocenters. The van der Waals surface area contributed by atoms with Gasteiger partial charge in [-0.05, 0) is 43.2 Å². The maximum atomic E-state index is 14.7. The Balaban J connectivity index is 1.80. The van der Waals surface area contributed by atoms with Gasteiger partial charge in [-0.25, -0.2) is 4.39 Å². The summed E-state index contributed by atoms with van der Waals surface area (Å²) in [6.45, 7) is 5.96. The molecule has 2 aromatic rings. The Labute approximate surface area is 165 Å². The third-order valence-corrected chi connectivity index (χ3v) is 4.77. The molecule has 0 spiro atoms. The van der Waals surface area contributed by atoms with Crippen molar-refractivity contribution in [2.45, 2.75) is 20.3 Å². The zero-order valence-electron chi connectivity index (χ0n) is 16.5. The summed E-state index contributed by atoms with van der Waals surface area (Å²) in [7, 11) is 1.64. The van der Waals surface area contributed by atoms with E-state index in [0.717, 1.165) is 29.8 Å². The van der Waals surface area contributed by atoms with Crippen molar-refractivity contribution in [2.24, 2.45) is 0 Å². The van der Waals surface area contributed by atoms with Gasteiger partial charge in [-0.2, -0.15) is 0 Å². The number of nitrogens with one attached hydrogen (secondary N) is 2. The number of nitrogens with zero attached hydrogens (tertiary/aromatic N) is 1. The number of benzene rings is 2. The molecule has 148 valence electrons. The molecule has 0 bridgehead atoms. The minimum Gasteiger partial charge on any atom is -0.383 e. The maximum absolute atomic E-state index is 14.7. The molecule has 28 heavy (non-hydrogen) atoms. The number of aryl methyl sites for hydroxylation is 1. The van der Waals surface area contributed by atoms with Crippen molar-refractivity contribution < 1.29 is 13.9 Å². The number of carbonyl (C=O) groups is 1. The molecule has 6 heteroatoms. The largest absolute Gasteiger partial charge is 0.383 e. The summed E-state index contributed by atoms with van der Waals surface area (Å²) < 4.78 is 19.8. The van der Waals surface area contributed by atoms with Gasteiger partial charge < -0.3 is 20.3 Å². The van der Waals surface area contributed by atoms with E-state index in [2.05, 4.69) is 17.6 Å². The Bertz CT molecular complexity index is 895. The zero-order chi connectivity index (χ0) is 20.1. The summed E-state index contributed by atoms with van der Waals surface area (Å²) in [5, 5.41) is 5.91. The SMILES string of the molecule is CCCN(CCOC)c1ccc(NC=C2C(=O)Nc3cccc(C)c32)cc1F. The molecule has 1 amide bonds. The van der Waals surface area contributed by atoms with Crippen molar-refractivity contribution >= 4 is 28.5 Å². The number of carbonyl (C=O) groups excluding carboxylic acids is 1. The van der Waals surface area contributed by atoms with Gasteiger partial charge in [0, 0.05) is 43.3 Å². The van der Waals surface area contributed by atoms with Crippen LogP contribution in [0.2, 0.25) is 0 Å². The van der Waals surface area contributed by atoms with Crippen LogP contribution < -0.4 is 15.5 Å². The van der Waals surface area contributed by atoms with Gasteiger partial charge in [0.05, 0.1) is 17.9 Å². The highest BCUT2D eigenvalue weighted by atomic mass is 19.1. The molecule has 0 saturated heterocycles. The van der Waals surface area contributed by atoms with Gasteiger partial charge in [0.15, 0.2) is 0 Å². The normalized spacial score (nSPS) is 14.1. The molecule has 2 N–H and O–H groups in total. The molecule has 2 aromatic carbocycles. The summed E-state index contributed by atoms with van der Waals surface area (Å²) in [6, 6.07) is 10.8. The van der Waals surface area contributed by atoms with Crippen LogP contribution in [0.15, 0.2) is 42.6 Å². The van der Waals surface area contributed by atoms with Crippen LogP contribution in [0.1, 0.15) is 24.5 Å². The molecule has 1 aliphatic rings. The minimum absolute atomic E-state index is 0.164. The lowest BCUT2D eigenvalue weighted by atomic mass is 10.0. The molecule has 3 rings (SSSR count). The summed E-state index contributed by atoms with van der Waals surface area (Å²) in [5.74, 6) is -0.469. The van der Waals surface area contributed by atoms with Crippen LogP contribution >= 0.6 is 0 Å². The third-order valence-electron chi connectivity index (χ3n) is 4.77.